The van der Waals surface area contributed by atoms with Crippen molar-refractivity contribution < 1.29 is 4.74 Å². The van der Waals surface area contributed by atoms with Crippen LogP contribution in [0.1, 0.15) is 25.3 Å². The summed E-state index contributed by atoms with van der Waals surface area (Å²) < 4.78 is 5.68. The van der Waals surface area contributed by atoms with Crippen molar-refractivity contribution in [2.75, 3.05) is 12.3 Å². The molecular formula is C12H14ClN3O. The van der Waals surface area contributed by atoms with Gasteiger partial charge in [-0.3, -0.25) is 0 Å². The topological polar surface area (TPSA) is 63.9 Å². The standard InChI is InChI=1S/C12H14ClN3O/c1-6-2-3-17-11(6)12-15-9-5-7(13)4-8(14)10(9)16-12/h4-6,11H,2-3,14H2,1H3,(H,15,16). The number of hydrogen-bond acceptors (Lipinski definition) is 3. The first-order valence-corrected chi connectivity index (χ1v) is 6.09. The second-order valence-corrected chi connectivity index (χ2v) is 5.01. The van der Waals surface area contributed by atoms with E-state index in [0.717, 1.165) is 29.9 Å². The van der Waals surface area contributed by atoms with Crippen molar-refractivity contribution >= 4 is 28.3 Å². The molecule has 2 aromatic rings. The van der Waals surface area contributed by atoms with Crippen molar-refractivity contribution in [3.63, 3.8) is 0 Å². The summed E-state index contributed by atoms with van der Waals surface area (Å²) in [5.41, 5.74) is 8.13. The van der Waals surface area contributed by atoms with Gasteiger partial charge in [-0.2, -0.15) is 0 Å². The number of aromatic nitrogens is 2. The van der Waals surface area contributed by atoms with E-state index in [1.54, 1.807) is 6.07 Å². The average Bonchev–Trinajstić information content (AvgIpc) is 2.83. The van der Waals surface area contributed by atoms with Crippen LogP contribution < -0.4 is 5.73 Å². The summed E-state index contributed by atoms with van der Waals surface area (Å²) in [6, 6.07) is 3.55. The Morgan fingerprint density at radius 1 is 1.53 bits per heavy atom. The Hall–Kier alpha value is -1.26. The van der Waals surface area contributed by atoms with E-state index in [2.05, 4.69) is 16.9 Å². The lowest BCUT2D eigenvalue weighted by atomic mass is 10.0. The third kappa shape index (κ3) is 1.77. The van der Waals surface area contributed by atoms with Crippen LogP contribution in [0.2, 0.25) is 5.02 Å². The van der Waals surface area contributed by atoms with Gasteiger partial charge in [0.25, 0.3) is 0 Å². The van der Waals surface area contributed by atoms with Gasteiger partial charge in [0.15, 0.2) is 0 Å². The molecule has 0 saturated carbocycles. The van der Waals surface area contributed by atoms with Gasteiger partial charge in [0, 0.05) is 11.6 Å². The molecule has 0 radical (unpaired) electrons. The lowest BCUT2D eigenvalue weighted by molar-refractivity contribution is 0.0883. The number of imidazole rings is 1. The molecule has 1 aliphatic rings. The largest absolute Gasteiger partial charge is 0.397 e. The molecule has 0 aliphatic carbocycles. The summed E-state index contributed by atoms with van der Waals surface area (Å²) >= 11 is 5.96. The molecule has 5 heteroatoms. The molecule has 2 heterocycles. The molecule has 1 saturated heterocycles. The number of benzene rings is 1. The Balaban J connectivity index is 2.10. The number of nitrogen functional groups attached to an aromatic ring is 1. The minimum absolute atomic E-state index is 0.0422. The number of nitrogens with one attached hydrogen (secondary N) is 1. The summed E-state index contributed by atoms with van der Waals surface area (Å²) in [6.07, 6.45) is 1.11. The maximum absolute atomic E-state index is 5.96. The number of hydrogen-bond donors (Lipinski definition) is 2. The van der Waals surface area contributed by atoms with Gasteiger partial charge in [0.05, 0.1) is 11.2 Å². The number of fused-ring (bicyclic) bond motifs is 1. The van der Waals surface area contributed by atoms with Crippen molar-refractivity contribution in [2.45, 2.75) is 19.4 Å². The Labute approximate surface area is 104 Å². The van der Waals surface area contributed by atoms with Crippen molar-refractivity contribution in [3.05, 3.63) is 23.0 Å². The highest BCUT2D eigenvalue weighted by molar-refractivity contribution is 6.31. The third-order valence-corrected chi connectivity index (χ3v) is 3.47. The van der Waals surface area contributed by atoms with Crippen LogP contribution in [0.3, 0.4) is 0 Å². The molecular weight excluding hydrogens is 238 g/mol. The zero-order valence-electron chi connectivity index (χ0n) is 9.53. The smallest absolute Gasteiger partial charge is 0.136 e. The summed E-state index contributed by atoms with van der Waals surface area (Å²) in [6.45, 7) is 2.96. The van der Waals surface area contributed by atoms with Crippen molar-refractivity contribution in [1.29, 1.82) is 0 Å². The van der Waals surface area contributed by atoms with E-state index >= 15 is 0 Å². The van der Waals surface area contributed by atoms with Crippen molar-refractivity contribution in [1.82, 2.24) is 9.97 Å². The van der Waals surface area contributed by atoms with E-state index in [0.29, 0.717) is 16.6 Å². The molecule has 0 amide bonds. The van der Waals surface area contributed by atoms with Gasteiger partial charge in [-0.15, -0.1) is 0 Å². The Morgan fingerprint density at radius 3 is 3.06 bits per heavy atom. The molecule has 4 nitrogen and oxygen atoms in total. The zero-order valence-corrected chi connectivity index (χ0v) is 10.3. The molecule has 3 rings (SSSR count). The molecule has 0 bridgehead atoms. The zero-order chi connectivity index (χ0) is 12.0. The number of ether oxygens (including phenoxy) is 1. The molecule has 1 aliphatic heterocycles. The molecule has 0 spiro atoms. The van der Waals surface area contributed by atoms with Gasteiger partial charge in [-0.1, -0.05) is 18.5 Å². The molecule has 2 unspecified atom stereocenters. The number of H-pyrrole nitrogens is 1. The second kappa shape index (κ2) is 3.89. The fraction of sp³-hybridized carbons (Fsp3) is 0.417. The fourth-order valence-electron chi connectivity index (χ4n) is 2.31. The number of halogens is 1. The predicted octanol–water partition coefficient (Wildman–Crippen LogP) is 2.90. The molecule has 1 fully saturated rings. The SMILES string of the molecule is CC1CCOC1c1nc2c(N)cc(Cl)cc2[nH]1. The number of nitrogens with two attached hydrogens (primary N) is 1. The molecule has 1 aromatic carbocycles. The van der Waals surface area contributed by atoms with Gasteiger partial charge in [-0.25, -0.2) is 4.98 Å². The quantitative estimate of drug-likeness (QED) is 0.766. The maximum atomic E-state index is 5.96. The minimum atomic E-state index is 0.0422. The van der Waals surface area contributed by atoms with Gasteiger partial charge >= 0.3 is 0 Å². The Morgan fingerprint density at radius 2 is 2.35 bits per heavy atom. The normalized spacial score (nSPS) is 24.6. The van der Waals surface area contributed by atoms with Crippen LogP contribution in [0.5, 0.6) is 0 Å². The van der Waals surface area contributed by atoms with Crippen LogP contribution in [0.25, 0.3) is 11.0 Å². The van der Waals surface area contributed by atoms with Crippen LogP contribution in [0, 0.1) is 5.92 Å². The number of nitrogens with zero attached hydrogens (tertiary/aromatic N) is 1. The average molecular weight is 252 g/mol. The van der Waals surface area contributed by atoms with Gasteiger partial charge in [0.2, 0.25) is 0 Å². The minimum Gasteiger partial charge on any atom is -0.397 e. The van der Waals surface area contributed by atoms with Gasteiger partial charge in [-0.05, 0) is 24.5 Å². The van der Waals surface area contributed by atoms with Gasteiger partial charge < -0.3 is 15.5 Å². The van der Waals surface area contributed by atoms with Crippen molar-refractivity contribution in [3.8, 4) is 0 Å². The monoisotopic (exact) mass is 251 g/mol. The van der Waals surface area contributed by atoms with E-state index in [-0.39, 0.29) is 6.10 Å². The summed E-state index contributed by atoms with van der Waals surface area (Å²) in [5.74, 6) is 1.33. The van der Waals surface area contributed by atoms with Gasteiger partial charge in [0.1, 0.15) is 17.4 Å². The summed E-state index contributed by atoms with van der Waals surface area (Å²) in [4.78, 5) is 7.77. The Bertz CT molecular complexity index is 566. The van der Waals surface area contributed by atoms with Crippen LogP contribution >= 0.6 is 11.6 Å². The first-order chi connectivity index (χ1) is 8.15. The third-order valence-electron chi connectivity index (χ3n) is 3.26. The highest BCUT2D eigenvalue weighted by atomic mass is 35.5. The fourth-order valence-corrected chi connectivity index (χ4v) is 2.53. The molecule has 90 valence electrons. The number of anilines is 1. The maximum Gasteiger partial charge on any atom is 0.136 e. The van der Waals surface area contributed by atoms with E-state index in [1.165, 1.54) is 0 Å². The lowest BCUT2D eigenvalue weighted by Crippen LogP contribution is -2.05. The first kappa shape index (κ1) is 10.9. The van der Waals surface area contributed by atoms with E-state index in [4.69, 9.17) is 22.1 Å². The van der Waals surface area contributed by atoms with Crippen LogP contribution in [-0.2, 0) is 4.74 Å². The second-order valence-electron chi connectivity index (χ2n) is 4.57. The highest BCUT2D eigenvalue weighted by Crippen LogP contribution is 2.34. The van der Waals surface area contributed by atoms with E-state index in [1.807, 2.05) is 6.07 Å². The summed E-state index contributed by atoms with van der Waals surface area (Å²) in [7, 11) is 0. The van der Waals surface area contributed by atoms with Crippen LogP contribution in [0.4, 0.5) is 5.69 Å². The predicted molar refractivity (Wildman–Crippen MR) is 68.0 cm³/mol. The Kier molecular flexibility index (Phi) is 2.49. The molecule has 1 aromatic heterocycles. The summed E-state index contributed by atoms with van der Waals surface area (Å²) in [5, 5.41) is 0.616. The number of rotatable bonds is 1. The molecule has 17 heavy (non-hydrogen) atoms. The molecule has 3 N–H and O–H groups in total. The lowest BCUT2D eigenvalue weighted by Gasteiger charge is -2.10. The number of aromatic amines is 1. The van der Waals surface area contributed by atoms with E-state index in [9.17, 15) is 0 Å². The van der Waals surface area contributed by atoms with Crippen molar-refractivity contribution in [2.24, 2.45) is 5.92 Å². The first-order valence-electron chi connectivity index (χ1n) is 5.71. The molecule has 2 atom stereocenters. The highest BCUT2D eigenvalue weighted by Gasteiger charge is 2.28. The van der Waals surface area contributed by atoms with Crippen LogP contribution in [-0.4, -0.2) is 16.6 Å². The van der Waals surface area contributed by atoms with Crippen LogP contribution in [0.15, 0.2) is 12.1 Å². The van der Waals surface area contributed by atoms with E-state index < -0.39 is 0 Å².